The maximum atomic E-state index is 9.88. The van der Waals surface area contributed by atoms with Crippen molar-refractivity contribution in [2.75, 3.05) is 5.75 Å². The van der Waals surface area contributed by atoms with E-state index in [0.29, 0.717) is 5.41 Å². The standard InChI is InChI=1S/C14H21ClOS/c1-14(2,3)9-8-12(16)10-17-13-6-4-11(15)5-7-13/h4-7,12,16H,8-10H2,1-3H3. The summed E-state index contributed by atoms with van der Waals surface area (Å²) < 4.78 is 0. The van der Waals surface area contributed by atoms with Crippen LogP contribution < -0.4 is 0 Å². The van der Waals surface area contributed by atoms with Crippen LogP contribution in [0.15, 0.2) is 29.2 Å². The molecule has 17 heavy (non-hydrogen) atoms. The first-order valence-corrected chi connectivity index (χ1v) is 7.29. The summed E-state index contributed by atoms with van der Waals surface area (Å²) in [4.78, 5) is 1.16. The quantitative estimate of drug-likeness (QED) is 0.790. The zero-order valence-electron chi connectivity index (χ0n) is 10.7. The van der Waals surface area contributed by atoms with E-state index in [1.807, 2.05) is 24.3 Å². The number of hydrogen-bond donors (Lipinski definition) is 1. The molecule has 0 spiro atoms. The molecule has 0 heterocycles. The van der Waals surface area contributed by atoms with Crippen molar-refractivity contribution in [1.82, 2.24) is 0 Å². The van der Waals surface area contributed by atoms with Crippen molar-refractivity contribution in [3.63, 3.8) is 0 Å². The molecule has 0 aliphatic rings. The van der Waals surface area contributed by atoms with Gasteiger partial charge in [-0.25, -0.2) is 0 Å². The van der Waals surface area contributed by atoms with Crippen LogP contribution >= 0.6 is 23.4 Å². The predicted molar refractivity (Wildman–Crippen MR) is 76.9 cm³/mol. The van der Waals surface area contributed by atoms with E-state index in [0.717, 1.165) is 28.5 Å². The van der Waals surface area contributed by atoms with Crippen molar-refractivity contribution in [1.29, 1.82) is 0 Å². The van der Waals surface area contributed by atoms with Gasteiger partial charge in [0.1, 0.15) is 0 Å². The summed E-state index contributed by atoms with van der Waals surface area (Å²) >= 11 is 7.49. The van der Waals surface area contributed by atoms with Gasteiger partial charge in [-0.2, -0.15) is 0 Å². The molecule has 0 saturated heterocycles. The van der Waals surface area contributed by atoms with Gasteiger partial charge in [-0.1, -0.05) is 32.4 Å². The molecule has 0 saturated carbocycles. The van der Waals surface area contributed by atoms with Crippen LogP contribution in [0.25, 0.3) is 0 Å². The molecular formula is C14H21ClOS. The molecule has 3 heteroatoms. The maximum Gasteiger partial charge on any atom is 0.0634 e. The van der Waals surface area contributed by atoms with E-state index in [1.54, 1.807) is 11.8 Å². The lowest BCUT2D eigenvalue weighted by atomic mass is 9.89. The smallest absolute Gasteiger partial charge is 0.0634 e. The fraction of sp³-hybridized carbons (Fsp3) is 0.571. The highest BCUT2D eigenvalue weighted by Crippen LogP contribution is 2.25. The Bertz CT molecular complexity index is 329. The van der Waals surface area contributed by atoms with E-state index in [9.17, 15) is 5.11 Å². The van der Waals surface area contributed by atoms with Gasteiger partial charge >= 0.3 is 0 Å². The Kier molecular flexibility index (Phi) is 5.84. The SMILES string of the molecule is CC(C)(C)CCC(O)CSc1ccc(Cl)cc1. The maximum absolute atomic E-state index is 9.88. The second-order valence-corrected chi connectivity index (χ2v) is 7.05. The topological polar surface area (TPSA) is 20.2 Å². The number of halogens is 1. The normalized spacial score (nSPS) is 13.7. The van der Waals surface area contributed by atoms with E-state index in [4.69, 9.17) is 11.6 Å². The Morgan fingerprint density at radius 1 is 1.24 bits per heavy atom. The molecule has 0 radical (unpaired) electrons. The van der Waals surface area contributed by atoms with Gasteiger partial charge in [-0.3, -0.25) is 0 Å². The first-order chi connectivity index (χ1) is 7.87. The number of aliphatic hydroxyl groups is 1. The molecule has 1 rings (SSSR count). The summed E-state index contributed by atoms with van der Waals surface area (Å²) in [5, 5.41) is 10.6. The van der Waals surface area contributed by atoms with Crippen molar-refractivity contribution in [3.05, 3.63) is 29.3 Å². The summed E-state index contributed by atoms with van der Waals surface area (Å²) in [5.41, 5.74) is 0.298. The van der Waals surface area contributed by atoms with Crippen molar-refractivity contribution in [3.8, 4) is 0 Å². The fourth-order valence-electron chi connectivity index (χ4n) is 1.41. The Hall–Kier alpha value is -0.180. The summed E-state index contributed by atoms with van der Waals surface area (Å²) in [6.45, 7) is 6.60. The van der Waals surface area contributed by atoms with Crippen LogP contribution in [0.1, 0.15) is 33.6 Å². The molecule has 1 atom stereocenters. The molecule has 0 fully saturated rings. The third kappa shape index (κ3) is 6.97. The van der Waals surface area contributed by atoms with Gasteiger partial charge in [0.05, 0.1) is 6.10 Å². The average molecular weight is 273 g/mol. The minimum Gasteiger partial charge on any atom is -0.392 e. The second kappa shape index (κ2) is 6.67. The lowest BCUT2D eigenvalue weighted by Gasteiger charge is -2.20. The molecule has 1 unspecified atom stereocenters. The zero-order chi connectivity index (χ0) is 12.9. The summed E-state index contributed by atoms with van der Waals surface area (Å²) in [6, 6.07) is 7.74. The Morgan fingerprint density at radius 3 is 2.35 bits per heavy atom. The predicted octanol–water partition coefficient (Wildman–Crippen LogP) is 4.62. The molecule has 0 aliphatic carbocycles. The van der Waals surface area contributed by atoms with Crippen LogP contribution in [0.2, 0.25) is 5.02 Å². The number of benzene rings is 1. The molecule has 0 bridgehead atoms. The Balaban J connectivity index is 2.28. The van der Waals surface area contributed by atoms with Gasteiger partial charge in [0, 0.05) is 15.7 Å². The van der Waals surface area contributed by atoms with Gasteiger partial charge in [-0.15, -0.1) is 11.8 Å². The largest absolute Gasteiger partial charge is 0.392 e. The average Bonchev–Trinajstić information content (AvgIpc) is 2.25. The number of hydrogen-bond acceptors (Lipinski definition) is 2. The van der Waals surface area contributed by atoms with Crippen LogP contribution in [0, 0.1) is 5.41 Å². The van der Waals surface area contributed by atoms with Gasteiger partial charge in [0.25, 0.3) is 0 Å². The molecule has 0 aliphatic heterocycles. The number of thioether (sulfide) groups is 1. The van der Waals surface area contributed by atoms with E-state index >= 15 is 0 Å². The third-order valence-corrected chi connectivity index (χ3v) is 3.89. The van der Waals surface area contributed by atoms with Gasteiger partial charge < -0.3 is 5.11 Å². The molecule has 1 N–H and O–H groups in total. The minimum atomic E-state index is -0.227. The first kappa shape index (κ1) is 14.9. The third-order valence-electron chi connectivity index (χ3n) is 2.48. The van der Waals surface area contributed by atoms with E-state index in [1.165, 1.54) is 0 Å². The Labute approximate surface area is 114 Å². The van der Waals surface area contributed by atoms with Gasteiger partial charge in [0.15, 0.2) is 0 Å². The number of rotatable bonds is 5. The molecule has 96 valence electrons. The van der Waals surface area contributed by atoms with Crippen LogP contribution in [0.5, 0.6) is 0 Å². The molecule has 0 aromatic heterocycles. The zero-order valence-corrected chi connectivity index (χ0v) is 12.3. The van der Waals surface area contributed by atoms with Crippen molar-refractivity contribution < 1.29 is 5.11 Å². The molecular weight excluding hydrogens is 252 g/mol. The summed E-state index contributed by atoms with van der Waals surface area (Å²) in [7, 11) is 0. The molecule has 1 nitrogen and oxygen atoms in total. The monoisotopic (exact) mass is 272 g/mol. The highest BCUT2D eigenvalue weighted by Gasteiger charge is 2.13. The second-order valence-electron chi connectivity index (χ2n) is 5.52. The minimum absolute atomic E-state index is 0.227. The van der Waals surface area contributed by atoms with Crippen LogP contribution in [-0.4, -0.2) is 17.0 Å². The van der Waals surface area contributed by atoms with Crippen molar-refractivity contribution >= 4 is 23.4 Å². The van der Waals surface area contributed by atoms with Crippen LogP contribution in [-0.2, 0) is 0 Å². The molecule has 1 aromatic rings. The lowest BCUT2D eigenvalue weighted by molar-refractivity contribution is 0.167. The lowest BCUT2D eigenvalue weighted by Crippen LogP contribution is -2.14. The molecule has 0 amide bonds. The highest BCUT2D eigenvalue weighted by molar-refractivity contribution is 7.99. The fourth-order valence-corrected chi connectivity index (χ4v) is 2.41. The molecule has 1 aromatic carbocycles. The first-order valence-electron chi connectivity index (χ1n) is 5.93. The van der Waals surface area contributed by atoms with E-state index in [2.05, 4.69) is 20.8 Å². The van der Waals surface area contributed by atoms with Crippen LogP contribution in [0.4, 0.5) is 0 Å². The van der Waals surface area contributed by atoms with Crippen molar-refractivity contribution in [2.24, 2.45) is 5.41 Å². The van der Waals surface area contributed by atoms with Gasteiger partial charge in [0.2, 0.25) is 0 Å². The van der Waals surface area contributed by atoms with E-state index < -0.39 is 0 Å². The summed E-state index contributed by atoms with van der Waals surface area (Å²) in [6.07, 6.45) is 1.69. The van der Waals surface area contributed by atoms with E-state index in [-0.39, 0.29) is 6.10 Å². The highest BCUT2D eigenvalue weighted by atomic mass is 35.5. The van der Waals surface area contributed by atoms with Crippen molar-refractivity contribution in [2.45, 2.75) is 44.6 Å². The Morgan fingerprint density at radius 2 is 1.82 bits per heavy atom. The number of aliphatic hydroxyl groups excluding tert-OH is 1. The van der Waals surface area contributed by atoms with Crippen LogP contribution in [0.3, 0.4) is 0 Å². The summed E-state index contributed by atoms with van der Waals surface area (Å²) in [5.74, 6) is 0.748. The van der Waals surface area contributed by atoms with Gasteiger partial charge in [-0.05, 0) is 42.5 Å².